The predicted octanol–water partition coefficient (Wildman–Crippen LogP) is 2.01. The van der Waals surface area contributed by atoms with Crippen molar-refractivity contribution >= 4 is 11.8 Å². The van der Waals surface area contributed by atoms with Gasteiger partial charge >= 0.3 is 0 Å². The maximum Gasteiger partial charge on any atom is 0.221 e. The van der Waals surface area contributed by atoms with Gasteiger partial charge in [-0.25, -0.2) is 0 Å². The number of amides is 2. The van der Waals surface area contributed by atoms with E-state index in [2.05, 4.69) is 5.32 Å². The second kappa shape index (κ2) is 10.5. The molecule has 0 bridgehead atoms. The van der Waals surface area contributed by atoms with E-state index >= 15 is 0 Å². The molecule has 0 aliphatic carbocycles. The van der Waals surface area contributed by atoms with Gasteiger partial charge in [-0.1, -0.05) is 13.0 Å². The third-order valence-electron chi connectivity index (χ3n) is 3.73. The molecule has 0 heterocycles. The molecular formula is C18H28N2O4. The van der Waals surface area contributed by atoms with E-state index in [0.717, 1.165) is 12.0 Å². The lowest BCUT2D eigenvalue weighted by Crippen LogP contribution is -2.34. The second-order valence-corrected chi connectivity index (χ2v) is 5.55. The molecule has 0 aliphatic rings. The van der Waals surface area contributed by atoms with E-state index in [-0.39, 0.29) is 11.8 Å². The highest BCUT2D eigenvalue weighted by molar-refractivity contribution is 5.78. The Morgan fingerprint density at radius 1 is 1.12 bits per heavy atom. The van der Waals surface area contributed by atoms with Crippen molar-refractivity contribution in [2.75, 3.05) is 33.9 Å². The van der Waals surface area contributed by atoms with Crippen LogP contribution in [0.2, 0.25) is 0 Å². The molecule has 0 atom stereocenters. The third kappa shape index (κ3) is 6.48. The van der Waals surface area contributed by atoms with Crippen LogP contribution in [0.1, 0.15) is 32.3 Å². The summed E-state index contributed by atoms with van der Waals surface area (Å²) in [5.74, 6) is 1.33. The number of benzene rings is 1. The molecule has 0 unspecified atom stereocenters. The first-order chi connectivity index (χ1) is 11.5. The van der Waals surface area contributed by atoms with Gasteiger partial charge in [0.25, 0.3) is 0 Å². The van der Waals surface area contributed by atoms with E-state index in [1.165, 1.54) is 6.92 Å². The Labute approximate surface area is 144 Å². The van der Waals surface area contributed by atoms with Gasteiger partial charge in [0.15, 0.2) is 11.5 Å². The fourth-order valence-electron chi connectivity index (χ4n) is 2.40. The number of ether oxygens (including phenoxy) is 2. The Balaban J connectivity index is 2.39. The van der Waals surface area contributed by atoms with Crippen LogP contribution in [0.25, 0.3) is 0 Å². The quantitative estimate of drug-likeness (QED) is 0.710. The van der Waals surface area contributed by atoms with Crippen molar-refractivity contribution < 1.29 is 19.1 Å². The Morgan fingerprint density at radius 3 is 2.42 bits per heavy atom. The van der Waals surface area contributed by atoms with Crippen molar-refractivity contribution in [2.45, 2.75) is 33.1 Å². The summed E-state index contributed by atoms with van der Waals surface area (Å²) >= 11 is 0. The number of nitrogens with zero attached hydrogens (tertiary/aromatic N) is 1. The molecule has 0 saturated heterocycles. The molecule has 1 aromatic carbocycles. The van der Waals surface area contributed by atoms with Crippen LogP contribution in [0.4, 0.5) is 0 Å². The Kier molecular flexibility index (Phi) is 8.68. The summed E-state index contributed by atoms with van der Waals surface area (Å²) in [6.07, 6.45) is 1.92. The molecule has 0 aromatic heterocycles. The van der Waals surface area contributed by atoms with Crippen molar-refractivity contribution in [3.05, 3.63) is 23.8 Å². The summed E-state index contributed by atoms with van der Waals surface area (Å²) in [5.41, 5.74) is 1.06. The van der Waals surface area contributed by atoms with Crippen LogP contribution in [0.5, 0.6) is 11.5 Å². The highest BCUT2D eigenvalue weighted by atomic mass is 16.5. The molecule has 6 heteroatoms. The summed E-state index contributed by atoms with van der Waals surface area (Å²) in [7, 11) is 3.20. The molecule has 2 amide bonds. The van der Waals surface area contributed by atoms with Gasteiger partial charge in [0.1, 0.15) is 0 Å². The van der Waals surface area contributed by atoms with Gasteiger partial charge in [0, 0.05) is 33.0 Å². The van der Waals surface area contributed by atoms with E-state index in [1.807, 2.05) is 25.1 Å². The van der Waals surface area contributed by atoms with Crippen molar-refractivity contribution in [3.63, 3.8) is 0 Å². The van der Waals surface area contributed by atoms with Crippen molar-refractivity contribution in [1.82, 2.24) is 10.2 Å². The molecule has 1 rings (SSSR count). The largest absolute Gasteiger partial charge is 0.493 e. The topological polar surface area (TPSA) is 67.9 Å². The van der Waals surface area contributed by atoms with Gasteiger partial charge in [-0.3, -0.25) is 9.59 Å². The molecule has 0 spiro atoms. The van der Waals surface area contributed by atoms with Crippen LogP contribution in [-0.2, 0) is 16.0 Å². The van der Waals surface area contributed by atoms with Gasteiger partial charge < -0.3 is 19.7 Å². The van der Waals surface area contributed by atoms with Gasteiger partial charge in [0.2, 0.25) is 11.8 Å². The van der Waals surface area contributed by atoms with Crippen molar-refractivity contribution in [3.8, 4) is 11.5 Å². The molecule has 24 heavy (non-hydrogen) atoms. The number of rotatable bonds is 10. The van der Waals surface area contributed by atoms with Crippen LogP contribution in [-0.4, -0.2) is 50.6 Å². The molecule has 0 saturated carbocycles. The van der Waals surface area contributed by atoms with E-state index < -0.39 is 0 Å². The number of carbonyl (C=O) groups excluding carboxylic acids is 2. The maximum absolute atomic E-state index is 11.9. The third-order valence-corrected chi connectivity index (χ3v) is 3.73. The van der Waals surface area contributed by atoms with Gasteiger partial charge in [-0.15, -0.1) is 0 Å². The standard InChI is InChI=1S/C18H28N2O4/c1-5-11-20(14(2)21)12-9-18(22)19-10-8-15-6-7-16(23-3)17(13-15)24-4/h6-7,13H,5,8-12H2,1-4H3,(H,19,22). The zero-order valence-corrected chi connectivity index (χ0v) is 15.1. The number of nitrogens with one attached hydrogen (secondary N) is 1. The van der Waals surface area contributed by atoms with Crippen molar-refractivity contribution in [1.29, 1.82) is 0 Å². The molecule has 0 radical (unpaired) electrons. The molecule has 6 nitrogen and oxygen atoms in total. The average Bonchev–Trinajstić information content (AvgIpc) is 2.58. The van der Waals surface area contributed by atoms with Crippen LogP contribution < -0.4 is 14.8 Å². The first kappa shape index (κ1) is 19.8. The number of hydrogen-bond donors (Lipinski definition) is 1. The summed E-state index contributed by atoms with van der Waals surface area (Å²) in [6, 6.07) is 5.71. The van der Waals surface area contributed by atoms with E-state index in [1.54, 1.807) is 19.1 Å². The second-order valence-electron chi connectivity index (χ2n) is 5.55. The molecule has 1 aromatic rings. The normalized spacial score (nSPS) is 10.2. The fourth-order valence-corrected chi connectivity index (χ4v) is 2.40. The molecule has 134 valence electrons. The monoisotopic (exact) mass is 336 g/mol. The first-order valence-electron chi connectivity index (χ1n) is 8.24. The first-order valence-corrected chi connectivity index (χ1v) is 8.24. The van der Waals surface area contributed by atoms with Gasteiger partial charge in [0.05, 0.1) is 14.2 Å². The van der Waals surface area contributed by atoms with Crippen LogP contribution in [0, 0.1) is 0 Å². The zero-order chi connectivity index (χ0) is 17.9. The van der Waals surface area contributed by atoms with Crippen LogP contribution in [0.3, 0.4) is 0 Å². The summed E-state index contributed by atoms with van der Waals surface area (Å²) < 4.78 is 10.5. The smallest absolute Gasteiger partial charge is 0.221 e. The Bertz CT molecular complexity index is 546. The molecule has 0 fully saturated rings. The molecular weight excluding hydrogens is 308 g/mol. The summed E-state index contributed by atoms with van der Waals surface area (Å²) in [5, 5.41) is 2.88. The van der Waals surface area contributed by atoms with E-state index in [0.29, 0.717) is 44.0 Å². The maximum atomic E-state index is 11.9. The number of carbonyl (C=O) groups is 2. The number of hydrogen-bond acceptors (Lipinski definition) is 4. The fraction of sp³-hybridized carbons (Fsp3) is 0.556. The minimum atomic E-state index is -0.0437. The van der Waals surface area contributed by atoms with Gasteiger partial charge in [-0.05, 0) is 30.5 Å². The lowest BCUT2D eigenvalue weighted by molar-refractivity contribution is -0.129. The Morgan fingerprint density at radius 2 is 1.83 bits per heavy atom. The average molecular weight is 336 g/mol. The zero-order valence-electron chi connectivity index (χ0n) is 15.1. The van der Waals surface area contributed by atoms with E-state index in [4.69, 9.17) is 9.47 Å². The highest BCUT2D eigenvalue weighted by Crippen LogP contribution is 2.27. The lowest BCUT2D eigenvalue weighted by atomic mass is 10.1. The predicted molar refractivity (Wildman–Crippen MR) is 93.4 cm³/mol. The van der Waals surface area contributed by atoms with Crippen molar-refractivity contribution in [2.24, 2.45) is 0 Å². The minimum Gasteiger partial charge on any atom is -0.493 e. The SMILES string of the molecule is CCCN(CCC(=O)NCCc1ccc(OC)c(OC)c1)C(C)=O. The van der Waals surface area contributed by atoms with E-state index in [9.17, 15) is 9.59 Å². The number of methoxy groups -OCH3 is 2. The Hall–Kier alpha value is -2.24. The highest BCUT2D eigenvalue weighted by Gasteiger charge is 2.10. The molecule has 1 N–H and O–H groups in total. The summed E-state index contributed by atoms with van der Waals surface area (Å²) in [4.78, 5) is 25.0. The summed E-state index contributed by atoms with van der Waals surface area (Å²) in [6.45, 7) is 5.24. The van der Waals surface area contributed by atoms with Crippen LogP contribution in [0.15, 0.2) is 18.2 Å². The molecule has 0 aliphatic heterocycles. The van der Waals surface area contributed by atoms with Gasteiger partial charge in [-0.2, -0.15) is 0 Å². The van der Waals surface area contributed by atoms with Crippen LogP contribution >= 0.6 is 0 Å². The minimum absolute atomic E-state index is 0.00924. The lowest BCUT2D eigenvalue weighted by Gasteiger charge is -2.19.